The van der Waals surface area contributed by atoms with Crippen LogP contribution < -0.4 is 5.32 Å². The molecular formula is C13H7BrFN3O2. The summed E-state index contributed by atoms with van der Waals surface area (Å²) in [7, 11) is 0. The van der Waals surface area contributed by atoms with E-state index in [1.54, 1.807) is 12.1 Å². The van der Waals surface area contributed by atoms with Crippen molar-refractivity contribution < 1.29 is 9.31 Å². The SMILES string of the molecule is N#Cc1ccc(Nc2c(F)cccc2Br)cc1[N+](=O)[O-]. The summed E-state index contributed by atoms with van der Waals surface area (Å²) in [4.78, 5) is 10.2. The van der Waals surface area contributed by atoms with Crippen molar-refractivity contribution in [3.05, 3.63) is 62.4 Å². The topological polar surface area (TPSA) is 79.0 Å². The molecule has 0 amide bonds. The molecule has 0 aliphatic heterocycles. The average molecular weight is 336 g/mol. The van der Waals surface area contributed by atoms with Gasteiger partial charge in [0.15, 0.2) is 0 Å². The standard InChI is InChI=1S/C13H7BrFN3O2/c14-10-2-1-3-11(15)13(10)17-9-5-4-8(7-16)12(6-9)18(19)20/h1-6,17H. The van der Waals surface area contributed by atoms with Crippen LogP contribution in [0.25, 0.3) is 0 Å². The van der Waals surface area contributed by atoms with E-state index in [0.29, 0.717) is 10.2 Å². The molecule has 0 saturated heterocycles. The maximum atomic E-state index is 13.7. The highest BCUT2D eigenvalue weighted by atomic mass is 79.9. The Kier molecular flexibility index (Phi) is 3.96. The van der Waals surface area contributed by atoms with Gasteiger partial charge in [-0.3, -0.25) is 10.1 Å². The molecule has 100 valence electrons. The first-order chi connectivity index (χ1) is 9.52. The number of nitriles is 1. The Morgan fingerprint density at radius 3 is 2.70 bits per heavy atom. The monoisotopic (exact) mass is 335 g/mol. The molecule has 0 fully saturated rings. The van der Waals surface area contributed by atoms with Gasteiger partial charge in [0, 0.05) is 16.2 Å². The molecule has 0 unspecified atom stereocenters. The maximum absolute atomic E-state index is 13.7. The van der Waals surface area contributed by atoms with Crippen LogP contribution in [0, 0.1) is 27.3 Å². The highest BCUT2D eigenvalue weighted by Crippen LogP contribution is 2.30. The minimum Gasteiger partial charge on any atom is -0.352 e. The number of hydrogen-bond acceptors (Lipinski definition) is 4. The maximum Gasteiger partial charge on any atom is 0.289 e. The largest absolute Gasteiger partial charge is 0.352 e. The van der Waals surface area contributed by atoms with Gasteiger partial charge in [0.05, 0.1) is 10.6 Å². The minimum atomic E-state index is -0.653. The van der Waals surface area contributed by atoms with Gasteiger partial charge in [0.1, 0.15) is 17.4 Å². The van der Waals surface area contributed by atoms with E-state index in [9.17, 15) is 14.5 Å². The zero-order valence-electron chi connectivity index (χ0n) is 9.93. The first-order valence-electron chi connectivity index (χ1n) is 5.42. The average Bonchev–Trinajstić information content (AvgIpc) is 2.43. The third-order valence-corrected chi connectivity index (χ3v) is 3.21. The first kappa shape index (κ1) is 14.0. The molecule has 0 radical (unpaired) electrons. The van der Waals surface area contributed by atoms with Crippen molar-refractivity contribution in [2.75, 3.05) is 5.32 Å². The molecular weight excluding hydrogens is 329 g/mol. The van der Waals surface area contributed by atoms with Gasteiger partial charge in [-0.05, 0) is 40.2 Å². The Morgan fingerprint density at radius 2 is 2.10 bits per heavy atom. The van der Waals surface area contributed by atoms with E-state index in [-0.39, 0.29) is 16.9 Å². The van der Waals surface area contributed by atoms with Crippen LogP contribution in [0.3, 0.4) is 0 Å². The Balaban J connectivity index is 2.43. The number of para-hydroxylation sites is 1. The minimum absolute atomic E-state index is 0.0480. The summed E-state index contributed by atoms with van der Waals surface area (Å²) < 4.78 is 14.2. The summed E-state index contributed by atoms with van der Waals surface area (Å²) in [6.45, 7) is 0. The van der Waals surface area contributed by atoms with Crippen LogP contribution >= 0.6 is 15.9 Å². The van der Waals surface area contributed by atoms with Crippen molar-refractivity contribution in [1.82, 2.24) is 0 Å². The zero-order valence-corrected chi connectivity index (χ0v) is 11.5. The van der Waals surface area contributed by atoms with Gasteiger partial charge >= 0.3 is 0 Å². The quantitative estimate of drug-likeness (QED) is 0.676. The lowest BCUT2D eigenvalue weighted by Gasteiger charge is -2.09. The molecule has 0 heterocycles. The Bertz CT molecular complexity index is 708. The van der Waals surface area contributed by atoms with Crippen molar-refractivity contribution in [3.63, 3.8) is 0 Å². The van der Waals surface area contributed by atoms with Crippen molar-refractivity contribution in [2.24, 2.45) is 0 Å². The second-order valence-electron chi connectivity index (χ2n) is 3.82. The number of nitro benzene ring substituents is 1. The molecule has 0 aromatic heterocycles. The first-order valence-corrected chi connectivity index (χ1v) is 6.22. The van der Waals surface area contributed by atoms with Gasteiger partial charge in [-0.2, -0.15) is 5.26 Å². The molecule has 0 atom stereocenters. The van der Waals surface area contributed by atoms with Crippen molar-refractivity contribution in [2.45, 2.75) is 0 Å². The molecule has 5 nitrogen and oxygen atoms in total. The second kappa shape index (κ2) is 5.67. The van der Waals surface area contributed by atoms with E-state index in [1.165, 1.54) is 30.3 Å². The van der Waals surface area contributed by atoms with Crippen LogP contribution in [0.1, 0.15) is 5.56 Å². The fourth-order valence-electron chi connectivity index (χ4n) is 1.62. The number of nitrogens with one attached hydrogen (secondary N) is 1. The van der Waals surface area contributed by atoms with Crippen LogP contribution in [0.4, 0.5) is 21.5 Å². The van der Waals surface area contributed by atoms with E-state index < -0.39 is 10.7 Å². The predicted octanol–water partition coefficient (Wildman–Crippen LogP) is 4.11. The highest BCUT2D eigenvalue weighted by molar-refractivity contribution is 9.10. The number of benzene rings is 2. The smallest absolute Gasteiger partial charge is 0.289 e. The number of nitro groups is 1. The van der Waals surface area contributed by atoms with Gasteiger partial charge in [-0.15, -0.1) is 0 Å². The highest BCUT2D eigenvalue weighted by Gasteiger charge is 2.15. The molecule has 2 aromatic rings. The van der Waals surface area contributed by atoms with Gasteiger partial charge in [0.2, 0.25) is 0 Å². The van der Waals surface area contributed by atoms with Gasteiger partial charge in [-0.1, -0.05) is 6.07 Å². The third-order valence-electron chi connectivity index (χ3n) is 2.55. The molecule has 0 aliphatic carbocycles. The van der Waals surface area contributed by atoms with Crippen LogP contribution in [-0.4, -0.2) is 4.92 Å². The normalized spacial score (nSPS) is 9.85. The van der Waals surface area contributed by atoms with E-state index in [0.717, 1.165) is 0 Å². The fourth-order valence-corrected chi connectivity index (χ4v) is 2.06. The lowest BCUT2D eigenvalue weighted by Crippen LogP contribution is -1.98. The second-order valence-corrected chi connectivity index (χ2v) is 4.68. The summed E-state index contributed by atoms with van der Waals surface area (Å²) in [6, 6.07) is 10.2. The van der Waals surface area contributed by atoms with Crippen LogP contribution in [0.15, 0.2) is 40.9 Å². The summed E-state index contributed by atoms with van der Waals surface area (Å²) in [5.41, 5.74) is 0.117. The lowest BCUT2D eigenvalue weighted by atomic mass is 10.1. The van der Waals surface area contributed by atoms with Crippen LogP contribution in [0.2, 0.25) is 0 Å². The molecule has 0 saturated carbocycles. The molecule has 7 heteroatoms. The number of halogens is 2. The van der Waals surface area contributed by atoms with E-state index in [1.807, 2.05) is 0 Å². The molecule has 20 heavy (non-hydrogen) atoms. The lowest BCUT2D eigenvalue weighted by molar-refractivity contribution is -0.385. The van der Waals surface area contributed by atoms with E-state index in [2.05, 4.69) is 21.2 Å². The fraction of sp³-hybridized carbons (Fsp3) is 0. The molecule has 1 N–H and O–H groups in total. The Labute approximate surface area is 121 Å². The molecule has 0 bridgehead atoms. The summed E-state index contributed by atoms with van der Waals surface area (Å²) in [5, 5.41) is 22.4. The number of anilines is 2. The van der Waals surface area contributed by atoms with Crippen LogP contribution in [0.5, 0.6) is 0 Å². The Morgan fingerprint density at radius 1 is 1.35 bits per heavy atom. The van der Waals surface area contributed by atoms with E-state index in [4.69, 9.17) is 5.26 Å². The molecule has 2 aromatic carbocycles. The van der Waals surface area contributed by atoms with Crippen molar-refractivity contribution >= 4 is 33.0 Å². The number of rotatable bonds is 3. The molecule has 2 rings (SSSR count). The van der Waals surface area contributed by atoms with E-state index >= 15 is 0 Å². The molecule has 0 aliphatic rings. The Hall–Kier alpha value is -2.46. The van der Waals surface area contributed by atoms with Gasteiger partial charge < -0.3 is 5.32 Å². The summed E-state index contributed by atoms with van der Waals surface area (Å²) in [5.74, 6) is -0.494. The van der Waals surface area contributed by atoms with Crippen LogP contribution in [-0.2, 0) is 0 Å². The summed E-state index contributed by atoms with van der Waals surface area (Å²) in [6.07, 6.45) is 0. The van der Waals surface area contributed by atoms with Gasteiger partial charge in [0.25, 0.3) is 5.69 Å². The van der Waals surface area contributed by atoms with Crippen molar-refractivity contribution in [3.8, 4) is 6.07 Å². The summed E-state index contributed by atoms with van der Waals surface area (Å²) >= 11 is 3.19. The van der Waals surface area contributed by atoms with Gasteiger partial charge in [-0.25, -0.2) is 4.39 Å². The predicted molar refractivity (Wildman–Crippen MR) is 75.2 cm³/mol. The van der Waals surface area contributed by atoms with Crippen molar-refractivity contribution in [1.29, 1.82) is 5.26 Å². The zero-order chi connectivity index (χ0) is 14.7. The third kappa shape index (κ3) is 2.75. The number of nitrogens with zero attached hydrogens (tertiary/aromatic N) is 2. The molecule has 0 spiro atoms. The number of hydrogen-bond donors (Lipinski definition) is 1.